The fourth-order valence-electron chi connectivity index (χ4n) is 4.22. The van der Waals surface area contributed by atoms with E-state index in [0.717, 1.165) is 55.6 Å². The molecule has 2 aromatic carbocycles. The number of carbonyl (C=O) groups is 1. The van der Waals surface area contributed by atoms with E-state index in [0.29, 0.717) is 0 Å². The van der Waals surface area contributed by atoms with Gasteiger partial charge in [0.1, 0.15) is 11.9 Å². The van der Waals surface area contributed by atoms with E-state index in [9.17, 15) is 4.79 Å². The van der Waals surface area contributed by atoms with Gasteiger partial charge in [-0.3, -0.25) is 4.79 Å². The van der Waals surface area contributed by atoms with Gasteiger partial charge in [0, 0.05) is 6.42 Å². The smallest absolute Gasteiger partial charge is 0.309 e. The molecule has 0 aliphatic carbocycles. The summed E-state index contributed by atoms with van der Waals surface area (Å²) in [7, 11) is 0. The Hall–Kier alpha value is -2.29. The predicted octanol–water partition coefficient (Wildman–Crippen LogP) is 7.89. The van der Waals surface area contributed by atoms with Gasteiger partial charge in [-0.25, -0.2) is 0 Å². The van der Waals surface area contributed by atoms with Crippen LogP contribution in [-0.2, 0) is 9.53 Å². The summed E-state index contributed by atoms with van der Waals surface area (Å²) in [4.78, 5) is 12.3. The molecule has 0 radical (unpaired) electrons. The second-order valence-corrected chi connectivity index (χ2v) is 8.76. The first-order valence-electron chi connectivity index (χ1n) is 12.2. The number of ether oxygens (including phenoxy) is 2. The van der Waals surface area contributed by atoms with E-state index < -0.39 is 0 Å². The number of hydrogen-bond acceptors (Lipinski definition) is 3. The van der Waals surface area contributed by atoms with Gasteiger partial charge in [-0.1, -0.05) is 95.2 Å². The van der Waals surface area contributed by atoms with Crippen LogP contribution in [0.3, 0.4) is 0 Å². The average Bonchev–Trinajstić information content (AvgIpc) is 3.17. The van der Waals surface area contributed by atoms with Crippen molar-refractivity contribution in [3.8, 4) is 16.9 Å². The molecule has 0 aromatic heterocycles. The van der Waals surface area contributed by atoms with Gasteiger partial charge in [0.05, 0.1) is 12.5 Å². The molecule has 3 heteroatoms. The van der Waals surface area contributed by atoms with E-state index in [1.165, 1.54) is 37.7 Å². The van der Waals surface area contributed by atoms with Crippen molar-refractivity contribution in [2.24, 2.45) is 5.92 Å². The van der Waals surface area contributed by atoms with Crippen molar-refractivity contribution in [2.45, 2.75) is 84.2 Å². The van der Waals surface area contributed by atoms with Gasteiger partial charge in [0.15, 0.2) is 0 Å². The van der Waals surface area contributed by atoms with Gasteiger partial charge in [-0.15, -0.1) is 0 Å². The van der Waals surface area contributed by atoms with Crippen LogP contribution in [0.4, 0.5) is 0 Å². The third-order valence-corrected chi connectivity index (χ3v) is 6.23. The lowest BCUT2D eigenvalue weighted by Gasteiger charge is -2.11. The Morgan fingerprint density at radius 2 is 1.42 bits per heavy atom. The number of cyclic esters (lactones) is 1. The molecule has 3 rings (SSSR count). The second kappa shape index (κ2) is 12.5. The van der Waals surface area contributed by atoms with Crippen molar-refractivity contribution >= 4 is 5.97 Å². The summed E-state index contributed by atoms with van der Waals surface area (Å²) in [5.41, 5.74) is 3.43. The Bertz CT molecular complexity index is 779. The number of hydrogen-bond donors (Lipinski definition) is 0. The third-order valence-electron chi connectivity index (χ3n) is 6.23. The van der Waals surface area contributed by atoms with Crippen LogP contribution in [0.5, 0.6) is 5.75 Å². The Morgan fingerprint density at radius 3 is 2.10 bits per heavy atom. The van der Waals surface area contributed by atoms with Gasteiger partial charge in [0.25, 0.3) is 0 Å². The summed E-state index contributed by atoms with van der Waals surface area (Å²) in [6.45, 7) is 5.17. The maximum atomic E-state index is 12.3. The van der Waals surface area contributed by atoms with Gasteiger partial charge >= 0.3 is 5.97 Å². The van der Waals surface area contributed by atoms with Crippen molar-refractivity contribution in [3.05, 3.63) is 54.1 Å². The molecular formula is C28H38O3. The van der Waals surface area contributed by atoms with E-state index in [4.69, 9.17) is 9.47 Å². The van der Waals surface area contributed by atoms with Crippen LogP contribution in [-0.4, -0.2) is 12.6 Å². The van der Waals surface area contributed by atoms with Crippen LogP contribution >= 0.6 is 0 Å². The van der Waals surface area contributed by atoms with E-state index in [1.807, 2.05) is 12.1 Å². The van der Waals surface area contributed by atoms with Gasteiger partial charge in [-0.05, 0) is 41.7 Å². The highest BCUT2D eigenvalue weighted by Gasteiger charge is 2.34. The fraction of sp³-hybridized carbons (Fsp3) is 0.536. The highest BCUT2D eigenvalue weighted by atomic mass is 16.6. The van der Waals surface area contributed by atoms with Crippen LogP contribution in [0.25, 0.3) is 11.1 Å². The summed E-state index contributed by atoms with van der Waals surface area (Å²) in [5.74, 6) is 0.973. The van der Waals surface area contributed by atoms with Crippen molar-refractivity contribution in [2.75, 3.05) is 6.61 Å². The van der Waals surface area contributed by atoms with E-state index in [2.05, 4.69) is 50.2 Å². The lowest BCUT2D eigenvalue weighted by Crippen LogP contribution is -2.06. The molecule has 31 heavy (non-hydrogen) atoms. The van der Waals surface area contributed by atoms with E-state index >= 15 is 0 Å². The van der Waals surface area contributed by atoms with E-state index in [1.54, 1.807) is 0 Å². The standard InChI is InChI=1S/C28H38O3/c1-3-5-7-8-9-10-11-25-21-27(31-28(25)29)24-14-12-22(13-15-24)23-16-18-26(19-17-23)30-20-6-4-2/h12-19,25,27H,3-11,20-21H2,1-2H3. The molecule has 0 amide bonds. The summed E-state index contributed by atoms with van der Waals surface area (Å²) in [5, 5.41) is 0. The summed E-state index contributed by atoms with van der Waals surface area (Å²) in [6.07, 6.45) is 11.5. The Morgan fingerprint density at radius 1 is 0.806 bits per heavy atom. The topological polar surface area (TPSA) is 35.5 Å². The lowest BCUT2D eigenvalue weighted by molar-refractivity contribution is -0.144. The molecule has 168 valence electrons. The first kappa shape index (κ1) is 23.4. The number of benzene rings is 2. The van der Waals surface area contributed by atoms with Crippen LogP contribution < -0.4 is 4.74 Å². The molecule has 3 nitrogen and oxygen atoms in total. The Kier molecular flexibility index (Phi) is 9.45. The zero-order valence-electron chi connectivity index (χ0n) is 19.3. The normalized spacial score (nSPS) is 18.2. The van der Waals surface area contributed by atoms with Crippen LogP contribution in [0, 0.1) is 5.92 Å². The minimum absolute atomic E-state index is 0.0127. The van der Waals surface area contributed by atoms with Gasteiger partial charge in [-0.2, -0.15) is 0 Å². The van der Waals surface area contributed by atoms with Crippen molar-refractivity contribution in [1.29, 1.82) is 0 Å². The molecule has 0 N–H and O–H groups in total. The number of rotatable bonds is 13. The molecule has 1 saturated heterocycles. The molecule has 0 spiro atoms. The van der Waals surface area contributed by atoms with Crippen LogP contribution in [0.2, 0.25) is 0 Å². The summed E-state index contributed by atoms with van der Waals surface area (Å²) >= 11 is 0. The molecule has 2 unspecified atom stereocenters. The van der Waals surface area contributed by atoms with Crippen LogP contribution in [0.15, 0.2) is 48.5 Å². The number of esters is 1. The van der Waals surface area contributed by atoms with Crippen molar-refractivity contribution in [1.82, 2.24) is 0 Å². The zero-order valence-corrected chi connectivity index (χ0v) is 19.3. The van der Waals surface area contributed by atoms with Gasteiger partial charge < -0.3 is 9.47 Å². The van der Waals surface area contributed by atoms with Crippen LogP contribution in [0.1, 0.15) is 89.7 Å². The molecule has 1 aliphatic rings. The lowest BCUT2D eigenvalue weighted by atomic mass is 9.94. The fourth-order valence-corrected chi connectivity index (χ4v) is 4.22. The Labute approximate surface area is 188 Å². The number of unbranched alkanes of at least 4 members (excludes halogenated alkanes) is 6. The third kappa shape index (κ3) is 7.12. The molecule has 2 aromatic rings. The van der Waals surface area contributed by atoms with E-state index in [-0.39, 0.29) is 18.0 Å². The molecular weight excluding hydrogens is 384 g/mol. The highest BCUT2D eigenvalue weighted by Crippen LogP contribution is 2.36. The molecule has 1 fully saturated rings. The zero-order chi connectivity index (χ0) is 21.9. The number of carbonyl (C=O) groups excluding carboxylic acids is 1. The highest BCUT2D eigenvalue weighted by molar-refractivity contribution is 5.75. The average molecular weight is 423 g/mol. The SMILES string of the molecule is CCCCCCCCC1CC(c2ccc(-c3ccc(OCCCC)cc3)cc2)OC1=O. The molecule has 2 atom stereocenters. The Balaban J connectivity index is 1.49. The first-order chi connectivity index (χ1) is 15.2. The predicted molar refractivity (Wildman–Crippen MR) is 127 cm³/mol. The van der Waals surface area contributed by atoms with Crippen molar-refractivity contribution < 1.29 is 14.3 Å². The second-order valence-electron chi connectivity index (χ2n) is 8.76. The minimum Gasteiger partial charge on any atom is -0.494 e. The molecule has 0 bridgehead atoms. The molecule has 1 aliphatic heterocycles. The summed E-state index contributed by atoms with van der Waals surface area (Å²) in [6, 6.07) is 16.7. The van der Waals surface area contributed by atoms with Crippen molar-refractivity contribution in [3.63, 3.8) is 0 Å². The minimum atomic E-state index is -0.0963. The first-order valence-corrected chi connectivity index (χ1v) is 12.2. The quantitative estimate of drug-likeness (QED) is 0.243. The summed E-state index contributed by atoms with van der Waals surface area (Å²) < 4.78 is 11.5. The monoisotopic (exact) mass is 422 g/mol. The molecule has 1 heterocycles. The van der Waals surface area contributed by atoms with Gasteiger partial charge in [0.2, 0.25) is 0 Å². The maximum Gasteiger partial charge on any atom is 0.309 e. The maximum absolute atomic E-state index is 12.3. The largest absolute Gasteiger partial charge is 0.494 e. The molecule has 0 saturated carbocycles.